The summed E-state index contributed by atoms with van der Waals surface area (Å²) in [4.78, 5) is 33.6. The van der Waals surface area contributed by atoms with Crippen LogP contribution in [0.5, 0.6) is 0 Å². The average Bonchev–Trinajstić information content (AvgIpc) is 2.37. The molecule has 0 bridgehead atoms. The van der Waals surface area contributed by atoms with Gasteiger partial charge in [0.2, 0.25) is 5.91 Å². The molecular formula is C12H23N3O5. The van der Waals surface area contributed by atoms with Gasteiger partial charge in [0.25, 0.3) is 0 Å². The number of rotatable bonds is 9. The van der Waals surface area contributed by atoms with E-state index in [2.05, 4.69) is 16.0 Å². The Kier molecular flexibility index (Phi) is 9.10. The Morgan fingerprint density at radius 3 is 2.35 bits per heavy atom. The van der Waals surface area contributed by atoms with E-state index in [0.717, 1.165) is 6.42 Å². The summed E-state index contributed by atoms with van der Waals surface area (Å²) in [5.74, 6) is -1.39. The van der Waals surface area contributed by atoms with Gasteiger partial charge in [0.1, 0.15) is 6.04 Å². The van der Waals surface area contributed by atoms with Crippen LogP contribution in [0.15, 0.2) is 0 Å². The van der Waals surface area contributed by atoms with Crippen LogP contribution < -0.4 is 16.0 Å². The third-order valence-electron chi connectivity index (χ3n) is 2.68. The molecular weight excluding hydrogens is 266 g/mol. The van der Waals surface area contributed by atoms with E-state index < -0.39 is 18.0 Å². The van der Waals surface area contributed by atoms with E-state index in [1.165, 1.54) is 0 Å². The summed E-state index contributed by atoms with van der Waals surface area (Å²) in [6, 6.07) is -1.74. The molecule has 0 fully saturated rings. The van der Waals surface area contributed by atoms with Crippen molar-refractivity contribution in [2.75, 3.05) is 13.2 Å². The van der Waals surface area contributed by atoms with Gasteiger partial charge >= 0.3 is 12.0 Å². The molecule has 0 aromatic heterocycles. The van der Waals surface area contributed by atoms with Crippen molar-refractivity contribution in [3.8, 4) is 0 Å². The Balaban J connectivity index is 3.93. The molecule has 0 aliphatic carbocycles. The molecule has 5 N–H and O–H groups in total. The fraction of sp³-hybridized carbons (Fsp3) is 0.750. The second-order valence-electron chi connectivity index (χ2n) is 4.43. The van der Waals surface area contributed by atoms with Crippen LogP contribution in [0, 0.1) is 0 Å². The molecule has 3 amide bonds. The van der Waals surface area contributed by atoms with Crippen molar-refractivity contribution in [3.05, 3.63) is 0 Å². The first-order valence-electron chi connectivity index (χ1n) is 6.58. The van der Waals surface area contributed by atoms with E-state index in [9.17, 15) is 14.4 Å². The maximum Gasteiger partial charge on any atom is 0.326 e. The van der Waals surface area contributed by atoms with Gasteiger partial charge in [0.05, 0.1) is 0 Å². The summed E-state index contributed by atoms with van der Waals surface area (Å²) < 4.78 is 0. The molecule has 20 heavy (non-hydrogen) atoms. The zero-order valence-corrected chi connectivity index (χ0v) is 11.8. The fourth-order valence-electron chi connectivity index (χ4n) is 1.33. The second-order valence-corrected chi connectivity index (χ2v) is 4.43. The number of nitrogens with one attached hydrogen (secondary N) is 3. The first-order valence-corrected chi connectivity index (χ1v) is 6.58. The van der Waals surface area contributed by atoms with Crippen molar-refractivity contribution in [2.24, 2.45) is 0 Å². The molecule has 0 saturated heterocycles. The van der Waals surface area contributed by atoms with Crippen molar-refractivity contribution in [2.45, 2.75) is 45.2 Å². The second kappa shape index (κ2) is 10.0. The summed E-state index contributed by atoms with van der Waals surface area (Å²) in [5, 5.41) is 24.8. The van der Waals surface area contributed by atoms with Crippen LogP contribution >= 0.6 is 0 Å². The lowest BCUT2D eigenvalue weighted by molar-refractivity contribution is -0.139. The van der Waals surface area contributed by atoms with E-state index in [1.807, 2.05) is 13.8 Å². The SMILES string of the molecule is CCC(C)NC(=O)CCNC(=O)N[C@H](CCO)C(=O)O. The largest absolute Gasteiger partial charge is 0.480 e. The summed E-state index contributed by atoms with van der Waals surface area (Å²) in [7, 11) is 0. The minimum absolute atomic E-state index is 0.0722. The van der Waals surface area contributed by atoms with Gasteiger partial charge in [-0.15, -0.1) is 0 Å². The zero-order valence-electron chi connectivity index (χ0n) is 11.8. The fourth-order valence-corrected chi connectivity index (χ4v) is 1.33. The number of hydrogen-bond donors (Lipinski definition) is 5. The van der Waals surface area contributed by atoms with Crippen LogP contribution in [0.4, 0.5) is 4.79 Å². The number of aliphatic hydroxyl groups is 1. The maximum absolute atomic E-state index is 11.4. The van der Waals surface area contributed by atoms with E-state index >= 15 is 0 Å². The van der Waals surface area contributed by atoms with Crippen molar-refractivity contribution in [1.82, 2.24) is 16.0 Å². The Hall–Kier alpha value is -1.83. The number of aliphatic hydroxyl groups excluding tert-OH is 1. The number of urea groups is 1. The van der Waals surface area contributed by atoms with Gasteiger partial charge in [-0.2, -0.15) is 0 Å². The minimum atomic E-state index is -1.22. The van der Waals surface area contributed by atoms with Gasteiger partial charge in [-0.25, -0.2) is 9.59 Å². The predicted molar refractivity (Wildman–Crippen MR) is 72.2 cm³/mol. The van der Waals surface area contributed by atoms with E-state index in [4.69, 9.17) is 10.2 Å². The highest BCUT2D eigenvalue weighted by molar-refractivity contribution is 5.83. The third kappa shape index (κ3) is 8.30. The average molecular weight is 289 g/mol. The molecule has 0 saturated carbocycles. The molecule has 0 aliphatic rings. The van der Waals surface area contributed by atoms with Crippen molar-refractivity contribution in [1.29, 1.82) is 0 Å². The van der Waals surface area contributed by atoms with Crippen LogP contribution in [0.3, 0.4) is 0 Å². The monoisotopic (exact) mass is 289 g/mol. The van der Waals surface area contributed by atoms with E-state index in [-0.39, 0.29) is 37.9 Å². The molecule has 116 valence electrons. The molecule has 0 aromatic rings. The van der Waals surface area contributed by atoms with Crippen LogP contribution in [0.1, 0.15) is 33.1 Å². The lowest BCUT2D eigenvalue weighted by Crippen LogP contribution is -2.47. The van der Waals surface area contributed by atoms with Crippen molar-refractivity contribution in [3.63, 3.8) is 0 Å². The molecule has 2 atom stereocenters. The first kappa shape index (κ1) is 18.2. The highest BCUT2D eigenvalue weighted by atomic mass is 16.4. The number of amides is 3. The number of carboxylic acids is 1. The van der Waals surface area contributed by atoms with Gasteiger partial charge in [0.15, 0.2) is 0 Å². The quantitative estimate of drug-likeness (QED) is 0.388. The number of hydrogen-bond acceptors (Lipinski definition) is 4. The third-order valence-corrected chi connectivity index (χ3v) is 2.68. The first-order chi connectivity index (χ1) is 9.40. The minimum Gasteiger partial charge on any atom is -0.480 e. The lowest BCUT2D eigenvalue weighted by atomic mass is 10.2. The van der Waals surface area contributed by atoms with Crippen LogP contribution in [-0.4, -0.2) is 53.4 Å². The van der Waals surface area contributed by atoms with Crippen LogP contribution in [-0.2, 0) is 9.59 Å². The molecule has 0 rings (SSSR count). The van der Waals surface area contributed by atoms with E-state index in [0.29, 0.717) is 0 Å². The normalized spacial score (nSPS) is 13.2. The highest BCUT2D eigenvalue weighted by Crippen LogP contribution is 1.92. The van der Waals surface area contributed by atoms with Gasteiger partial charge in [-0.3, -0.25) is 4.79 Å². The molecule has 0 heterocycles. The molecule has 8 heteroatoms. The standard InChI is InChI=1S/C12H23N3O5/c1-3-8(2)14-10(17)4-6-13-12(20)15-9(5-7-16)11(18)19/h8-9,16H,3-7H2,1-2H3,(H,14,17)(H,18,19)(H2,13,15,20)/t8?,9-/m1/s1. The van der Waals surface area contributed by atoms with E-state index in [1.54, 1.807) is 0 Å². The molecule has 0 aromatic carbocycles. The number of carbonyl (C=O) groups excluding carboxylic acids is 2. The van der Waals surface area contributed by atoms with Crippen molar-refractivity contribution >= 4 is 17.9 Å². The van der Waals surface area contributed by atoms with Crippen molar-refractivity contribution < 1.29 is 24.6 Å². The topological polar surface area (TPSA) is 128 Å². The predicted octanol–water partition coefficient (Wildman–Crippen LogP) is -0.574. The smallest absolute Gasteiger partial charge is 0.326 e. The van der Waals surface area contributed by atoms with Gasteiger partial charge in [-0.05, 0) is 13.3 Å². The Morgan fingerprint density at radius 1 is 1.20 bits per heavy atom. The summed E-state index contributed by atoms with van der Waals surface area (Å²) in [5.41, 5.74) is 0. The van der Waals surface area contributed by atoms with Crippen LogP contribution in [0.25, 0.3) is 0 Å². The summed E-state index contributed by atoms with van der Waals surface area (Å²) >= 11 is 0. The molecule has 0 aliphatic heterocycles. The molecule has 1 unspecified atom stereocenters. The molecule has 8 nitrogen and oxygen atoms in total. The van der Waals surface area contributed by atoms with Gasteiger partial charge < -0.3 is 26.2 Å². The Bertz CT molecular complexity index is 335. The number of carboxylic acid groups (broad SMARTS) is 1. The summed E-state index contributed by atoms with van der Waals surface area (Å²) in [6.07, 6.45) is 0.869. The number of carbonyl (C=O) groups is 3. The Labute approximate surface area is 117 Å². The summed E-state index contributed by atoms with van der Waals surface area (Å²) in [6.45, 7) is 3.60. The maximum atomic E-state index is 11.4. The molecule has 0 radical (unpaired) electrons. The highest BCUT2D eigenvalue weighted by Gasteiger charge is 2.18. The molecule has 0 spiro atoms. The zero-order chi connectivity index (χ0) is 15.5. The van der Waals surface area contributed by atoms with Gasteiger partial charge in [0, 0.05) is 32.0 Å². The lowest BCUT2D eigenvalue weighted by Gasteiger charge is -2.14. The van der Waals surface area contributed by atoms with Crippen LogP contribution in [0.2, 0.25) is 0 Å². The number of aliphatic carboxylic acids is 1. The van der Waals surface area contributed by atoms with Gasteiger partial charge in [-0.1, -0.05) is 6.92 Å². The Morgan fingerprint density at radius 2 is 1.85 bits per heavy atom.